The van der Waals surface area contributed by atoms with Crippen molar-refractivity contribution in [1.82, 2.24) is 0 Å². The third kappa shape index (κ3) is 3.24. The fourth-order valence-corrected chi connectivity index (χ4v) is 2.50. The average Bonchev–Trinajstić information content (AvgIpc) is 1.99. The van der Waals surface area contributed by atoms with Crippen molar-refractivity contribution in [3.05, 3.63) is 32.7 Å². The maximum Gasteiger partial charge on any atom is 0.405 e. The van der Waals surface area contributed by atoms with Gasteiger partial charge in [0, 0.05) is 8.95 Å². The highest BCUT2D eigenvalue weighted by atomic mass is 79.9. The van der Waals surface area contributed by atoms with Crippen LogP contribution in [0, 0.1) is 0 Å². The number of hydrogen-bond acceptors (Lipinski definition) is 0. The van der Waals surface area contributed by atoms with Gasteiger partial charge >= 0.3 is 6.18 Å². The van der Waals surface area contributed by atoms with Crippen molar-refractivity contribution < 1.29 is 13.2 Å². The molecule has 0 heterocycles. The molecular weight excluding hydrogens is 393 g/mol. The van der Waals surface area contributed by atoms with Crippen LogP contribution in [0.4, 0.5) is 13.2 Å². The van der Waals surface area contributed by atoms with Crippen molar-refractivity contribution in [3.63, 3.8) is 0 Å². The lowest BCUT2D eigenvalue weighted by Crippen LogP contribution is -2.15. The summed E-state index contributed by atoms with van der Waals surface area (Å²) in [4.78, 5) is -1.64. The molecule has 0 nitrogen and oxygen atoms in total. The standard InChI is InChI=1S/C8H4Br3F3/c9-5-1-4(2-6(10)3-5)7(11)8(12,13)14/h1-3,7H/t7-/m0/s1. The van der Waals surface area contributed by atoms with Gasteiger partial charge < -0.3 is 0 Å². The van der Waals surface area contributed by atoms with Crippen LogP contribution >= 0.6 is 47.8 Å². The zero-order valence-electron chi connectivity index (χ0n) is 6.58. The zero-order chi connectivity index (χ0) is 10.9. The molecule has 0 aliphatic rings. The van der Waals surface area contributed by atoms with Crippen LogP contribution in [0.15, 0.2) is 27.1 Å². The van der Waals surface area contributed by atoms with Crippen LogP contribution in [0.5, 0.6) is 0 Å². The summed E-state index contributed by atoms with van der Waals surface area (Å²) >= 11 is 8.87. The molecular formula is C8H4Br3F3. The lowest BCUT2D eigenvalue weighted by molar-refractivity contribution is -0.128. The van der Waals surface area contributed by atoms with Gasteiger partial charge in [-0.2, -0.15) is 13.2 Å². The molecule has 6 heteroatoms. The first-order valence-corrected chi connectivity index (χ1v) is 5.97. The molecule has 0 spiro atoms. The van der Waals surface area contributed by atoms with Crippen molar-refractivity contribution in [1.29, 1.82) is 0 Å². The van der Waals surface area contributed by atoms with E-state index in [1.165, 1.54) is 12.1 Å². The largest absolute Gasteiger partial charge is 0.405 e. The van der Waals surface area contributed by atoms with Crippen molar-refractivity contribution in [2.24, 2.45) is 0 Å². The van der Waals surface area contributed by atoms with Crippen LogP contribution in [0.3, 0.4) is 0 Å². The van der Waals surface area contributed by atoms with E-state index in [0.29, 0.717) is 8.95 Å². The number of rotatable bonds is 1. The van der Waals surface area contributed by atoms with Crippen LogP contribution in [-0.2, 0) is 0 Å². The van der Waals surface area contributed by atoms with Gasteiger partial charge in [-0.15, -0.1) is 0 Å². The topological polar surface area (TPSA) is 0 Å². The SMILES string of the molecule is FC(F)(F)[C@@H](Br)c1cc(Br)cc(Br)c1. The summed E-state index contributed by atoms with van der Waals surface area (Å²) in [6, 6.07) is 4.54. The molecule has 0 saturated heterocycles. The van der Waals surface area contributed by atoms with Crippen LogP contribution in [0.1, 0.15) is 10.4 Å². The van der Waals surface area contributed by atoms with E-state index < -0.39 is 11.0 Å². The summed E-state index contributed by atoms with van der Waals surface area (Å²) < 4.78 is 38.2. The first kappa shape index (κ1) is 12.5. The fraction of sp³-hybridized carbons (Fsp3) is 0.250. The van der Waals surface area contributed by atoms with E-state index in [2.05, 4.69) is 47.8 Å². The van der Waals surface area contributed by atoms with Crippen LogP contribution in [-0.4, -0.2) is 6.18 Å². The molecule has 0 bridgehead atoms. The Bertz CT molecular complexity index is 315. The highest BCUT2D eigenvalue weighted by Gasteiger charge is 2.38. The monoisotopic (exact) mass is 394 g/mol. The van der Waals surface area contributed by atoms with Gasteiger partial charge in [-0.3, -0.25) is 0 Å². The third-order valence-electron chi connectivity index (χ3n) is 1.46. The Morgan fingerprint density at radius 3 is 1.79 bits per heavy atom. The van der Waals surface area contributed by atoms with Gasteiger partial charge in [-0.1, -0.05) is 47.8 Å². The Morgan fingerprint density at radius 2 is 1.43 bits per heavy atom. The second-order valence-electron chi connectivity index (χ2n) is 2.61. The van der Waals surface area contributed by atoms with E-state index in [4.69, 9.17) is 0 Å². The van der Waals surface area contributed by atoms with Gasteiger partial charge in [-0.05, 0) is 23.8 Å². The van der Waals surface area contributed by atoms with E-state index in [1.807, 2.05) is 0 Å². The minimum Gasteiger partial charge on any atom is -0.169 e. The zero-order valence-corrected chi connectivity index (χ0v) is 11.3. The molecule has 1 aromatic rings. The van der Waals surface area contributed by atoms with Crippen LogP contribution in [0.25, 0.3) is 0 Å². The minimum absolute atomic E-state index is 0.166. The second kappa shape index (κ2) is 4.53. The molecule has 0 N–H and O–H groups in total. The van der Waals surface area contributed by atoms with Crippen molar-refractivity contribution in [2.45, 2.75) is 11.0 Å². The maximum absolute atomic E-state index is 12.3. The Labute approximate surface area is 104 Å². The smallest absolute Gasteiger partial charge is 0.169 e. The van der Waals surface area contributed by atoms with Gasteiger partial charge in [0.2, 0.25) is 0 Å². The van der Waals surface area contributed by atoms with Crippen molar-refractivity contribution in [3.8, 4) is 0 Å². The lowest BCUT2D eigenvalue weighted by atomic mass is 10.1. The molecule has 0 aliphatic carbocycles. The van der Waals surface area contributed by atoms with Crippen molar-refractivity contribution >= 4 is 47.8 Å². The summed E-state index contributed by atoms with van der Waals surface area (Å²) in [6.45, 7) is 0. The van der Waals surface area contributed by atoms with Crippen LogP contribution < -0.4 is 0 Å². The quantitative estimate of drug-likeness (QED) is 0.572. The molecule has 0 radical (unpaired) electrons. The molecule has 0 aromatic heterocycles. The van der Waals surface area contributed by atoms with Crippen molar-refractivity contribution in [2.75, 3.05) is 0 Å². The van der Waals surface area contributed by atoms with E-state index >= 15 is 0 Å². The fourth-order valence-electron chi connectivity index (χ4n) is 0.910. The molecule has 0 aliphatic heterocycles. The van der Waals surface area contributed by atoms with E-state index in [1.54, 1.807) is 6.07 Å². The summed E-state index contributed by atoms with van der Waals surface area (Å²) in [5, 5.41) is 0. The number of benzene rings is 1. The summed E-state index contributed by atoms with van der Waals surface area (Å²) in [5.74, 6) is 0. The second-order valence-corrected chi connectivity index (χ2v) is 5.35. The molecule has 1 rings (SSSR count). The summed E-state index contributed by atoms with van der Waals surface area (Å²) in [5.41, 5.74) is 0.166. The molecule has 14 heavy (non-hydrogen) atoms. The first-order valence-electron chi connectivity index (χ1n) is 3.47. The molecule has 0 amide bonds. The maximum atomic E-state index is 12.3. The van der Waals surface area contributed by atoms with Crippen LogP contribution in [0.2, 0.25) is 0 Å². The predicted octanol–water partition coefficient (Wildman–Crippen LogP) is 5.21. The minimum atomic E-state index is -4.28. The molecule has 0 unspecified atom stereocenters. The number of hydrogen-bond donors (Lipinski definition) is 0. The van der Waals surface area contributed by atoms with E-state index in [0.717, 1.165) is 0 Å². The highest BCUT2D eigenvalue weighted by Crippen LogP contribution is 2.41. The Hall–Kier alpha value is 0.450. The summed E-state index contributed by atoms with van der Waals surface area (Å²) in [7, 11) is 0. The lowest BCUT2D eigenvalue weighted by Gasteiger charge is -2.14. The third-order valence-corrected chi connectivity index (χ3v) is 3.43. The van der Waals surface area contributed by atoms with E-state index in [9.17, 15) is 13.2 Å². The number of halogens is 6. The normalized spacial score (nSPS) is 14.1. The van der Waals surface area contributed by atoms with Gasteiger partial charge in [0.05, 0.1) is 0 Å². The number of alkyl halides is 4. The highest BCUT2D eigenvalue weighted by molar-refractivity contribution is 9.11. The van der Waals surface area contributed by atoms with Gasteiger partial charge in [0.1, 0.15) is 4.83 Å². The summed E-state index contributed by atoms with van der Waals surface area (Å²) in [6.07, 6.45) is -4.28. The Kier molecular flexibility index (Phi) is 4.05. The van der Waals surface area contributed by atoms with E-state index in [-0.39, 0.29) is 5.56 Å². The average molecular weight is 397 g/mol. The first-order chi connectivity index (χ1) is 6.30. The predicted molar refractivity (Wildman–Crippen MR) is 59.6 cm³/mol. The molecule has 78 valence electrons. The van der Waals surface area contributed by atoms with Gasteiger partial charge in [0.15, 0.2) is 0 Å². The molecule has 0 fully saturated rings. The molecule has 1 aromatic carbocycles. The Balaban J connectivity index is 3.07. The Morgan fingerprint density at radius 1 is 1.00 bits per heavy atom. The molecule has 0 saturated carbocycles. The van der Waals surface area contributed by atoms with Gasteiger partial charge in [0.25, 0.3) is 0 Å². The molecule has 1 atom stereocenters. The van der Waals surface area contributed by atoms with Gasteiger partial charge in [-0.25, -0.2) is 0 Å².